The molecule has 0 saturated carbocycles. The molecule has 36 heavy (non-hydrogen) atoms. The van der Waals surface area contributed by atoms with Gasteiger partial charge in [0.05, 0.1) is 17.4 Å². The first-order valence-corrected chi connectivity index (χ1v) is 12.1. The zero-order valence-electron chi connectivity index (χ0n) is 20.1. The maximum absolute atomic E-state index is 13.3. The molecule has 2 N–H and O–H groups in total. The Balaban J connectivity index is 1.39. The van der Waals surface area contributed by atoms with E-state index in [1.165, 1.54) is 0 Å². The fourth-order valence-electron chi connectivity index (χ4n) is 4.20. The first kappa shape index (κ1) is 23.2. The van der Waals surface area contributed by atoms with Crippen LogP contribution in [0.3, 0.4) is 0 Å². The van der Waals surface area contributed by atoms with Gasteiger partial charge in [0, 0.05) is 35.7 Å². The van der Waals surface area contributed by atoms with Crippen molar-refractivity contribution in [2.75, 3.05) is 5.32 Å². The predicted molar refractivity (Wildman–Crippen MR) is 141 cm³/mol. The summed E-state index contributed by atoms with van der Waals surface area (Å²) in [5.74, 6) is 0.461. The Bertz CT molecular complexity index is 1520. The predicted octanol–water partition coefficient (Wildman–Crippen LogP) is 5.97. The number of rotatable bonds is 9. The summed E-state index contributed by atoms with van der Waals surface area (Å²) in [4.78, 5) is 29.7. The van der Waals surface area contributed by atoms with Crippen LogP contribution >= 0.6 is 0 Å². The summed E-state index contributed by atoms with van der Waals surface area (Å²) >= 11 is 0. The molecule has 1 amide bonds. The van der Waals surface area contributed by atoms with Crippen molar-refractivity contribution in [1.29, 1.82) is 0 Å². The molecule has 0 bridgehead atoms. The first-order chi connectivity index (χ1) is 17.6. The second-order valence-corrected chi connectivity index (χ2v) is 8.71. The minimum absolute atomic E-state index is 0.239. The maximum Gasteiger partial charge on any atom is 0.258 e. The number of aromatic amines is 1. The van der Waals surface area contributed by atoms with Gasteiger partial charge in [-0.25, -0.2) is 4.98 Å². The Morgan fingerprint density at radius 1 is 0.972 bits per heavy atom. The van der Waals surface area contributed by atoms with Crippen LogP contribution < -0.4 is 5.32 Å². The van der Waals surface area contributed by atoms with Crippen molar-refractivity contribution >= 4 is 28.5 Å². The Morgan fingerprint density at radius 3 is 2.64 bits per heavy atom. The van der Waals surface area contributed by atoms with Gasteiger partial charge in [-0.15, -0.1) is 0 Å². The summed E-state index contributed by atoms with van der Waals surface area (Å²) < 4.78 is 1.88. The standard InChI is InChI=1S/C29H27N5O2/c1-2-26(35)13-7-10-24-19-34(25-11-4-3-5-12-25)29(31-24)32-28(36)22-9-6-8-20(16-22)21-14-15-27-23(17-21)18-30-33-27/h3-6,8-9,11-12,14-19H,2,7,10,13H2,1H3,(H,30,33)(H,31,32,36). The first-order valence-electron chi connectivity index (χ1n) is 12.1. The molecule has 0 aliphatic heterocycles. The van der Waals surface area contributed by atoms with Crippen LogP contribution in [0.15, 0.2) is 85.2 Å². The number of fused-ring (bicyclic) bond motifs is 1. The van der Waals surface area contributed by atoms with E-state index in [2.05, 4.69) is 15.5 Å². The summed E-state index contributed by atoms with van der Waals surface area (Å²) in [7, 11) is 0. The molecule has 0 atom stereocenters. The summed E-state index contributed by atoms with van der Waals surface area (Å²) in [5.41, 5.74) is 5.19. The van der Waals surface area contributed by atoms with Crippen LogP contribution in [0.5, 0.6) is 0 Å². The number of hydrogen-bond donors (Lipinski definition) is 2. The Labute approximate surface area is 209 Å². The van der Waals surface area contributed by atoms with E-state index >= 15 is 0 Å². The summed E-state index contributed by atoms with van der Waals surface area (Å²) in [6.45, 7) is 1.88. The number of aromatic nitrogens is 4. The van der Waals surface area contributed by atoms with Crippen molar-refractivity contribution in [2.24, 2.45) is 0 Å². The highest BCUT2D eigenvalue weighted by Crippen LogP contribution is 2.25. The van der Waals surface area contributed by atoms with Crippen LogP contribution in [0, 0.1) is 0 Å². The number of aryl methyl sites for hydroxylation is 1. The largest absolute Gasteiger partial charge is 0.300 e. The number of imidazole rings is 1. The molecule has 0 aliphatic carbocycles. The molecule has 0 aliphatic rings. The van der Waals surface area contributed by atoms with E-state index in [-0.39, 0.29) is 11.7 Å². The van der Waals surface area contributed by atoms with Gasteiger partial charge in [0.25, 0.3) is 5.91 Å². The summed E-state index contributed by atoms with van der Waals surface area (Å²) in [5, 5.41) is 11.0. The van der Waals surface area contributed by atoms with E-state index < -0.39 is 0 Å². The van der Waals surface area contributed by atoms with Gasteiger partial charge in [-0.1, -0.05) is 43.3 Å². The van der Waals surface area contributed by atoms with E-state index in [1.54, 1.807) is 12.3 Å². The van der Waals surface area contributed by atoms with Gasteiger partial charge in [0.15, 0.2) is 0 Å². The van der Waals surface area contributed by atoms with Gasteiger partial charge in [-0.2, -0.15) is 5.10 Å². The monoisotopic (exact) mass is 477 g/mol. The van der Waals surface area contributed by atoms with Crippen molar-refractivity contribution in [1.82, 2.24) is 19.7 Å². The number of nitrogens with zero attached hydrogens (tertiary/aromatic N) is 3. The average molecular weight is 478 g/mol. The minimum atomic E-state index is -0.239. The van der Waals surface area contributed by atoms with Crippen molar-refractivity contribution in [3.8, 4) is 16.8 Å². The van der Waals surface area contributed by atoms with Crippen LogP contribution in [-0.2, 0) is 11.2 Å². The zero-order valence-corrected chi connectivity index (χ0v) is 20.1. The van der Waals surface area contributed by atoms with Gasteiger partial charge >= 0.3 is 0 Å². The molecule has 180 valence electrons. The molecule has 5 aromatic rings. The molecule has 0 spiro atoms. The lowest BCUT2D eigenvalue weighted by atomic mass is 10.0. The molecule has 3 aromatic carbocycles. The number of carbonyl (C=O) groups is 2. The van der Waals surface area contributed by atoms with Crippen molar-refractivity contribution in [3.05, 3.63) is 96.4 Å². The maximum atomic E-state index is 13.3. The Morgan fingerprint density at radius 2 is 1.81 bits per heavy atom. The average Bonchev–Trinajstić information content (AvgIpc) is 3.55. The van der Waals surface area contributed by atoms with Crippen LogP contribution in [0.25, 0.3) is 27.7 Å². The van der Waals surface area contributed by atoms with Gasteiger partial charge in [0.2, 0.25) is 5.95 Å². The summed E-state index contributed by atoms with van der Waals surface area (Å²) in [6, 6.07) is 23.3. The van der Waals surface area contributed by atoms with Crippen LogP contribution in [-0.4, -0.2) is 31.4 Å². The lowest BCUT2D eigenvalue weighted by Crippen LogP contribution is -2.15. The third kappa shape index (κ3) is 5.10. The molecule has 7 nitrogen and oxygen atoms in total. The molecule has 0 fully saturated rings. The van der Waals surface area contributed by atoms with Gasteiger partial charge < -0.3 is 0 Å². The number of nitrogens with one attached hydrogen (secondary N) is 2. The molecule has 0 radical (unpaired) electrons. The van der Waals surface area contributed by atoms with E-state index in [0.717, 1.165) is 39.8 Å². The normalized spacial score (nSPS) is 11.0. The van der Waals surface area contributed by atoms with Crippen molar-refractivity contribution in [2.45, 2.75) is 32.6 Å². The molecule has 0 unspecified atom stereocenters. The SMILES string of the molecule is CCC(=O)CCCc1cn(-c2ccccc2)c(NC(=O)c2cccc(-c3ccc4[nH]ncc4c3)c2)n1. The number of benzene rings is 3. The summed E-state index contributed by atoms with van der Waals surface area (Å²) in [6.07, 6.45) is 6.20. The highest BCUT2D eigenvalue weighted by molar-refractivity contribution is 6.04. The third-order valence-electron chi connectivity index (χ3n) is 6.20. The minimum Gasteiger partial charge on any atom is -0.300 e. The number of anilines is 1. The highest BCUT2D eigenvalue weighted by atomic mass is 16.1. The van der Waals surface area contributed by atoms with E-state index in [4.69, 9.17) is 4.98 Å². The number of hydrogen-bond acceptors (Lipinski definition) is 4. The Hall–Kier alpha value is -4.52. The topological polar surface area (TPSA) is 92.7 Å². The lowest BCUT2D eigenvalue weighted by Gasteiger charge is -2.10. The number of Topliss-reactive ketones (excluding diaryl/α,β-unsaturated/α-hetero) is 1. The van der Waals surface area contributed by atoms with Gasteiger partial charge in [-0.3, -0.25) is 24.6 Å². The van der Waals surface area contributed by atoms with Crippen molar-refractivity contribution < 1.29 is 9.59 Å². The zero-order chi connectivity index (χ0) is 24.9. The lowest BCUT2D eigenvalue weighted by molar-refractivity contribution is -0.118. The van der Waals surface area contributed by atoms with E-state index in [0.29, 0.717) is 30.8 Å². The number of carbonyl (C=O) groups excluding carboxylic acids is 2. The second kappa shape index (κ2) is 10.4. The van der Waals surface area contributed by atoms with Crippen molar-refractivity contribution in [3.63, 3.8) is 0 Å². The van der Waals surface area contributed by atoms with Crippen LogP contribution in [0.2, 0.25) is 0 Å². The molecule has 7 heteroatoms. The Kier molecular flexibility index (Phi) is 6.71. The number of H-pyrrole nitrogens is 1. The second-order valence-electron chi connectivity index (χ2n) is 8.71. The fraction of sp³-hybridized carbons (Fsp3) is 0.172. The smallest absolute Gasteiger partial charge is 0.258 e. The molecular weight excluding hydrogens is 450 g/mol. The van der Waals surface area contributed by atoms with E-state index in [9.17, 15) is 9.59 Å². The van der Waals surface area contributed by atoms with Crippen LogP contribution in [0.4, 0.5) is 5.95 Å². The molecule has 2 heterocycles. The quantitative estimate of drug-likeness (QED) is 0.274. The fourth-order valence-corrected chi connectivity index (χ4v) is 4.20. The van der Waals surface area contributed by atoms with Gasteiger partial charge in [-0.05, 0) is 60.4 Å². The van der Waals surface area contributed by atoms with Crippen LogP contribution in [0.1, 0.15) is 42.2 Å². The third-order valence-corrected chi connectivity index (χ3v) is 6.20. The molecule has 5 rings (SSSR count). The number of amides is 1. The molecular formula is C29H27N5O2. The number of ketones is 1. The molecule has 0 saturated heterocycles. The highest BCUT2D eigenvalue weighted by Gasteiger charge is 2.15. The van der Waals surface area contributed by atoms with Gasteiger partial charge in [0.1, 0.15) is 5.78 Å². The van der Waals surface area contributed by atoms with E-state index in [1.807, 2.05) is 84.4 Å². The molecule has 2 aromatic heterocycles. The number of para-hydroxylation sites is 1.